The smallest absolute Gasteiger partial charge is 0.318 e. The van der Waals surface area contributed by atoms with Gasteiger partial charge in [0.05, 0.1) is 29.7 Å². The van der Waals surface area contributed by atoms with E-state index in [1.165, 1.54) is 12.1 Å². The molecule has 0 radical (unpaired) electrons. The molecule has 3 heterocycles. The summed E-state index contributed by atoms with van der Waals surface area (Å²) in [6, 6.07) is 28.1. The number of carbonyl (C=O) groups excluding carboxylic acids is 1. The summed E-state index contributed by atoms with van der Waals surface area (Å²) in [6.07, 6.45) is 2.04. The number of urea groups is 1. The van der Waals surface area contributed by atoms with Gasteiger partial charge in [-0.1, -0.05) is 60.2 Å². The van der Waals surface area contributed by atoms with Crippen LogP contribution in [0.25, 0.3) is 11.5 Å². The number of hydrogen-bond donors (Lipinski definition) is 1. The molecule has 1 aliphatic heterocycles. The van der Waals surface area contributed by atoms with E-state index in [1.807, 2.05) is 59.1 Å². The highest BCUT2D eigenvalue weighted by atomic mass is 19.1. The van der Waals surface area contributed by atoms with Crippen LogP contribution >= 0.6 is 0 Å². The molecule has 1 aliphatic rings. The Labute approximate surface area is 221 Å². The number of aromatic nitrogens is 3. The fourth-order valence-corrected chi connectivity index (χ4v) is 5.13. The molecule has 1 N–H and O–H groups in total. The quantitative estimate of drug-likeness (QED) is 0.315. The van der Waals surface area contributed by atoms with Gasteiger partial charge in [-0.2, -0.15) is 5.10 Å². The highest BCUT2D eigenvalue weighted by Gasteiger charge is 2.35. The van der Waals surface area contributed by atoms with Gasteiger partial charge in [0.2, 0.25) is 0 Å². The average Bonchev–Trinajstić information content (AvgIpc) is 3.50. The van der Waals surface area contributed by atoms with Gasteiger partial charge in [-0.25, -0.2) is 13.9 Å². The van der Waals surface area contributed by atoms with Crippen molar-refractivity contribution in [2.45, 2.75) is 33.0 Å². The zero-order valence-corrected chi connectivity index (χ0v) is 21.3. The lowest BCUT2D eigenvalue weighted by molar-refractivity contribution is 0.180. The highest BCUT2D eigenvalue weighted by molar-refractivity contribution is 5.76. The monoisotopic (exact) mass is 505 g/mol. The minimum absolute atomic E-state index is 0.202. The average molecular weight is 506 g/mol. The Balaban J connectivity index is 1.47. The predicted molar refractivity (Wildman–Crippen MR) is 145 cm³/mol. The fraction of sp³-hybridized carbons (Fsp3) is 0.161. The third kappa shape index (κ3) is 4.26. The van der Waals surface area contributed by atoms with Crippen LogP contribution in [0.15, 0.2) is 97.2 Å². The first-order valence-corrected chi connectivity index (χ1v) is 12.7. The Hall–Kier alpha value is -4.65. The van der Waals surface area contributed by atoms with Crippen LogP contribution in [0, 0.1) is 19.7 Å². The molecule has 2 amide bonds. The summed E-state index contributed by atoms with van der Waals surface area (Å²) in [5.41, 5.74) is 6.79. The van der Waals surface area contributed by atoms with Crippen molar-refractivity contribution in [1.82, 2.24) is 24.6 Å². The Kier molecular flexibility index (Phi) is 6.04. The van der Waals surface area contributed by atoms with E-state index in [-0.39, 0.29) is 17.9 Å². The standard InChI is InChI=1S/C31H28FN5O/c1-21-10-14-24(15-11-21)29-28-9-6-18-35(28)30-27(22(2)34-37(30)26-7-4-3-5-8-26)20-36(29)31(38)33-19-23-12-16-25(32)17-13-23/h3-18,29H,19-20H2,1-2H3,(H,33,38)/t29-/m0/s1. The molecular weight excluding hydrogens is 477 g/mol. The van der Waals surface area contributed by atoms with E-state index in [9.17, 15) is 9.18 Å². The van der Waals surface area contributed by atoms with E-state index < -0.39 is 0 Å². The third-order valence-corrected chi connectivity index (χ3v) is 7.10. The number of rotatable bonds is 4. The predicted octanol–water partition coefficient (Wildman–Crippen LogP) is 6.23. The minimum atomic E-state index is -0.324. The van der Waals surface area contributed by atoms with E-state index >= 15 is 0 Å². The van der Waals surface area contributed by atoms with Crippen LogP contribution in [-0.2, 0) is 13.1 Å². The van der Waals surface area contributed by atoms with Crippen molar-refractivity contribution < 1.29 is 9.18 Å². The second-order valence-electron chi connectivity index (χ2n) is 9.66. The summed E-state index contributed by atoms with van der Waals surface area (Å²) < 4.78 is 17.5. The molecule has 190 valence electrons. The number of fused-ring (bicyclic) bond motifs is 3. The SMILES string of the molecule is Cc1ccc([C@H]2c3cccn3-c3c(c(C)nn3-c3ccccc3)CN2C(=O)NCc2ccc(F)cc2)cc1. The molecular formula is C31H28FN5O. The van der Waals surface area contributed by atoms with Gasteiger partial charge < -0.3 is 14.8 Å². The van der Waals surface area contributed by atoms with Crippen molar-refractivity contribution in [2.75, 3.05) is 0 Å². The van der Waals surface area contributed by atoms with Gasteiger partial charge in [0.25, 0.3) is 0 Å². The van der Waals surface area contributed by atoms with Crippen LogP contribution in [0.4, 0.5) is 9.18 Å². The summed E-state index contributed by atoms with van der Waals surface area (Å²) >= 11 is 0. The summed E-state index contributed by atoms with van der Waals surface area (Å²) in [5, 5.41) is 7.96. The summed E-state index contributed by atoms with van der Waals surface area (Å²) in [7, 11) is 0. The van der Waals surface area contributed by atoms with Crippen LogP contribution in [0.2, 0.25) is 0 Å². The third-order valence-electron chi connectivity index (χ3n) is 7.10. The molecule has 1 atom stereocenters. The molecule has 0 saturated carbocycles. The first-order chi connectivity index (χ1) is 18.5. The first kappa shape index (κ1) is 23.7. The highest BCUT2D eigenvalue weighted by Crippen LogP contribution is 2.38. The maximum atomic E-state index is 13.9. The Bertz CT molecular complexity index is 1590. The first-order valence-electron chi connectivity index (χ1n) is 12.7. The molecule has 0 bridgehead atoms. The molecule has 0 fully saturated rings. The second-order valence-corrected chi connectivity index (χ2v) is 9.66. The number of para-hydroxylation sites is 1. The lowest BCUT2D eigenvalue weighted by Gasteiger charge is -2.31. The van der Waals surface area contributed by atoms with Gasteiger partial charge in [-0.05, 0) is 61.4 Å². The Morgan fingerprint density at radius 1 is 0.947 bits per heavy atom. The topological polar surface area (TPSA) is 55.1 Å². The molecule has 0 spiro atoms. The van der Waals surface area contributed by atoms with E-state index in [4.69, 9.17) is 5.10 Å². The van der Waals surface area contributed by atoms with Crippen molar-refractivity contribution in [3.05, 3.63) is 137 Å². The van der Waals surface area contributed by atoms with E-state index in [2.05, 4.69) is 47.1 Å². The van der Waals surface area contributed by atoms with Crippen molar-refractivity contribution in [3.63, 3.8) is 0 Å². The maximum Gasteiger partial charge on any atom is 0.318 e. The number of carbonyl (C=O) groups is 1. The molecule has 0 aliphatic carbocycles. The molecule has 2 aromatic heterocycles. The number of amides is 2. The largest absolute Gasteiger partial charge is 0.334 e. The van der Waals surface area contributed by atoms with Crippen molar-refractivity contribution in [2.24, 2.45) is 0 Å². The van der Waals surface area contributed by atoms with Gasteiger partial charge in [0.1, 0.15) is 11.6 Å². The van der Waals surface area contributed by atoms with E-state index in [1.54, 1.807) is 12.1 Å². The van der Waals surface area contributed by atoms with Crippen molar-refractivity contribution in [1.29, 1.82) is 0 Å². The van der Waals surface area contributed by atoms with Gasteiger partial charge in [0, 0.05) is 18.3 Å². The van der Waals surface area contributed by atoms with Gasteiger partial charge in [0.15, 0.2) is 0 Å². The number of nitrogens with one attached hydrogen (secondary N) is 1. The maximum absolute atomic E-state index is 13.9. The van der Waals surface area contributed by atoms with Crippen molar-refractivity contribution >= 4 is 6.03 Å². The number of aryl methyl sites for hydroxylation is 2. The van der Waals surface area contributed by atoms with E-state index in [0.29, 0.717) is 13.1 Å². The molecule has 7 heteroatoms. The van der Waals surface area contributed by atoms with Crippen LogP contribution in [0.3, 0.4) is 0 Å². The normalized spacial score (nSPS) is 14.5. The summed E-state index contributed by atoms with van der Waals surface area (Å²) in [4.78, 5) is 15.7. The Morgan fingerprint density at radius 3 is 2.42 bits per heavy atom. The number of halogens is 1. The zero-order chi connectivity index (χ0) is 26.2. The van der Waals surface area contributed by atoms with Gasteiger partial charge in [-0.15, -0.1) is 0 Å². The fourth-order valence-electron chi connectivity index (χ4n) is 5.13. The molecule has 6 nitrogen and oxygen atoms in total. The lowest BCUT2D eigenvalue weighted by atomic mass is 10.0. The van der Waals surface area contributed by atoms with Crippen LogP contribution < -0.4 is 5.32 Å². The molecule has 6 rings (SSSR count). The molecule has 0 unspecified atom stereocenters. The van der Waals surface area contributed by atoms with Gasteiger partial charge >= 0.3 is 6.03 Å². The minimum Gasteiger partial charge on any atom is -0.334 e. The van der Waals surface area contributed by atoms with Crippen LogP contribution in [-0.4, -0.2) is 25.3 Å². The van der Waals surface area contributed by atoms with Crippen molar-refractivity contribution in [3.8, 4) is 11.5 Å². The lowest BCUT2D eigenvalue weighted by Crippen LogP contribution is -2.41. The second kappa shape index (κ2) is 9.67. The van der Waals surface area contributed by atoms with Crippen LogP contribution in [0.1, 0.15) is 39.7 Å². The molecule has 38 heavy (non-hydrogen) atoms. The summed E-state index contributed by atoms with van der Waals surface area (Å²) in [6.45, 7) is 4.72. The molecule has 0 saturated heterocycles. The van der Waals surface area contributed by atoms with Crippen LogP contribution in [0.5, 0.6) is 0 Å². The number of nitrogens with zero attached hydrogens (tertiary/aromatic N) is 4. The molecule has 5 aromatic rings. The Morgan fingerprint density at radius 2 is 1.68 bits per heavy atom. The van der Waals surface area contributed by atoms with E-state index in [0.717, 1.165) is 45.1 Å². The number of benzene rings is 3. The van der Waals surface area contributed by atoms with Gasteiger partial charge in [-0.3, -0.25) is 0 Å². The zero-order valence-electron chi connectivity index (χ0n) is 21.3. The number of hydrogen-bond acceptors (Lipinski definition) is 2. The molecule has 3 aromatic carbocycles. The summed E-state index contributed by atoms with van der Waals surface area (Å²) in [5.74, 6) is 0.630.